The Morgan fingerprint density at radius 3 is 2.62 bits per heavy atom. The quantitative estimate of drug-likeness (QED) is 0.616. The maximum atomic E-state index is 12.6. The minimum Gasteiger partial charge on any atom is -0.352 e. The van der Waals surface area contributed by atoms with Gasteiger partial charge in [-0.2, -0.15) is 0 Å². The predicted octanol–water partition coefficient (Wildman–Crippen LogP) is 5.19. The fraction of sp³-hybridized carbons (Fsp3) is 0.200. The Balaban J connectivity index is 2.05. The number of halogens is 1. The number of hydrogen-bond donors (Lipinski definition) is 1. The minimum atomic E-state index is -0.0413. The number of rotatable bonds is 5. The lowest BCUT2D eigenvalue weighted by Crippen LogP contribution is -2.24. The van der Waals surface area contributed by atoms with Crippen molar-refractivity contribution in [2.24, 2.45) is 0 Å². The number of para-hydroxylation sites is 1. The molecule has 3 aromatic rings. The van der Waals surface area contributed by atoms with E-state index in [0.29, 0.717) is 12.1 Å². The zero-order chi connectivity index (χ0) is 16.9. The second-order valence-electron chi connectivity index (χ2n) is 5.69. The number of carbonyl (C=O) groups excluding carboxylic acids is 1. The molecule has 0 spiro atoms. The summed E-state index contributed by atoms with van der Waals surface area (Å²) in [4.78, 5) is 17.3. The van der Waals surface area contributed by atoms with Gasteiger partial charge in [-0.05, 0) is 30.7 Å². The van der Waals surface area contributed by atoms with Crippen LogP contribution in [-0.4, -0.2) is 17.4 Å². The highest BCUT2D eigenvalue weighted by molar-refractivity contribution is 9.10. The van der Waals surface area contributed by atoms with E-state index in [1.54, 1.807) is 0 Å². The fourth-order valence-corrected chi connectivity index (χ4v) is 2.87. The fourth-order valence-electron chi connectivity index (χ4n) is 2.61. The Bertz CT molecular complexity index is 859. The molecule has 0 fully saturated rings. The number of pyridine rings is 1. The van der Waals surface area contributed by atoms with E-state index in [0.717, 1.165) is 39.5 Å². The number of unbranched alkanes of at least 4 members (excludes halogenated alkanes) is 1. The summed E-state index contributed by atoms with van der Waals surface area (Å²) in [5.41, 5.74) is 3.31. The van der Waals surface area contributed by atoms with Crippen LogP contribution in [0.25, 0.3) is 22.2 Å². The van der Waals surface area contributed by atoms with E-state index in [1.165, 1.54) is 0 Å². The standard InChI is InChI=1S/C20H19BrN2O/c1-2-3-12-22-20(24)17-13-19(14-8-10-15(21)11-9-14)23-18-7-5-4-6-16(17)18/h4-11,13H,2-3,12H2,1H3,(H,22,24). The highest BCUT2D eigenvalue weighted by Gasteiger charge is 2.13. The highest BCUT2D eigenvalue weighted by Crippen LogP contribution is 2.26. The molecule has 122 valence electrons. The van der Waals surface area contributed by atoms with Gasteiger partial charge in [0.25, 0.3) is 5.91 Å². The molecule has 0 unspecified atom stereocenters. The number of carbonyl (C=O) groups is 1. The molecule has 4 heteroatoms. The first kappa shape index (κ1) is 16.7. The average molecular weight is 383 g/mol. The van der Waals surface area contributed by atoms with Crippen molar-refractivity contribution >= 4 is 32.7 Å². The lowest BCUT2D eigenvalue weighted by molar-refractivity contribution is 0.0955. The predicted molar refractivity (Wildman–Crippen MR) is 102 cm³/mol. The lowest BCUT2D eigenvalue weighted by atomic mass is 10.0. The molecule has 0 radical (unpaired) electrons. The van der Waals surface area contributed by atoms with E-state index in [1.807, 2.05) is 54.6 Å². The van der Waals surface area contributed by atoms with Crippen molar-refractivity contribution in [2.45, 2.75) is 19.8 Å². The highest BCUT2D eigenvalue weighted by atomic mass is 79.9. The first-order chi connectivity index (χ1) is 11.7. The zero-order valence-corrected chi connectivity index (χ0v) is 15.1. The maximum absolute atomic E-state index is 12.6. The molecule has 3 rings (SSSR count). The molecular weight excluding hydrogens is 364 g/mol. The Morgan fingerprint density at radius 2 is 1.88 bits per heavy atom. The maximum Gasteiger partial charge on any atom is 0.252 e. The first-order valence-electron chi connectivity index (χ1n) is 8.13. The molecule has 1 N–H and O–H groups in total. The SMILES string of the molecule is CCCCNC(=O)c1cc(-c2ccc(Br)cc2)nc2ccccc12. The summed E-state index contributed by atoms with van der Waals surface area (Å²) in [6.45, 7) is 2.80. The van der Waals surface area contributed by atoms with E-state index in [-0.39, 0.29) is 5.91 Å². The van der Waals surface area contributed by atoms with E-state index in [4.69, 9.17) is 4.98 Å². The number of nitrogens with one attached hydrogen (secondary N) is 1. The van der Waals surface area contributed by atoms with Gasteiger partial charge in [-0.1, -0.05) is 59.6 Å². The van der Waals surface area contributed by atoms with Crippen LogP contribution in [0, 0.1) is 0 Å². The van der Waals surface area contributed by atoms with Crippen LogP contribution in [0.4, 0.5) is 0 Å². The molecule has 0 aliphatic heterocycles. The molecule has 2 aromatic carbocycles. The molecule has 0 saturated heterocycles. The van der Waals surface area contributed by atoms with Crippen molar-refractivity contribution in [1.29, 1.82) is 0 Å². The van der Waals surface area contributed by atoms with Gasteiger partial charge in [0, 0.05) is 22.0 Å². The molecule has 1 heterocycles. The Hall–Kier alpha value is -2.20. The van der Waals surface area contributed by atoms with Crippen LogP contribution < -0.4 is 5.32 Å². The van der Waals surface area contributed by atoms with Crippen molar-refractivity contribution in [2.75, 3.05) is 6.54 Å². The van der Waals surface area contributed by atoms with Gasteiger partial charge in [-0.25, -0.2) is 4.98 Å². The summed E-state index contributed by atoms with van der Waals surface area (Å²) >= 11 is 3.45. The molecule has 0 aliphatic rings. The van der Waals surface area contributed by atoms with Crippen molar-refractivity contribution in [3.63, 3.8) is 0 Å². The summed E-state index contributed by atoms with van der Waals surface area (Å²) in [5, 5.41) is 3.89. The van der Waals surface area contributed by atoms with Gasteiger partial charge in [-0.3, -0.25) is 4.79 Å². The molecule has 3 nitrogen and oxygen atoms in total. The van der Waals surface area contributed by atoms with Crippen molar-refractivity contribution in [3.8, 4) is 11.3 Å². The molecule has 1 aromatic heterocycles. The molecular formula is C20H19BrN2O. The second-order valence-corrected chi connectivity index (χ2v) is 6.60. The second kappa shape index (κ2) is 7.58. The monoisotopic (exact) mass is 382 g/mol. The summed E-state index contributed by atoms with van der Waals surface area (Å²) < 4.78 is 1.02. The van der Waals surface area contributed by atoms with Gasteiger partial charge in [0.15, 0.2) is 0 Å². The third kappa shape index (κ3) is 3.65. The molecule has 0 saturated carbocycles. The number of benzene rings is 2. The van der Waals surface area contributed by atoms with Crippen LogP contribution in [0.15, 0.2) is 59.1 Å². The molecule has 1 amide bonds. The van der Waals surface area contributed by atoms with Gasteiger partial charge in [0.05, 0.1) is 16.8 Å². The first-order valence-corrected chi connectivity index (χ1v) is 8.92. The van der Waals surface area contributed by atoms with E-state index >= 15 is 0 Å². The minimum absolute atomic E-state index is 0.0413. The summed E-state index contributed by atoms with van der Waals surface area (Å²) in [5.74, 6) is -0.0413. The van der Waals surface area contributed by atoms with Gasteiger partial charge < -0.3 is 5.32 Å². The number of nitrogens with zero attached hydrogens (tertiary/aromatic N) is 1. The van der Waals surface area contributed by atoms with E-state index in [9.17, 15) is 4.79 Å². The van der Waals surface area contributed by atoms with Crippen LogP contribution in [0.5, 0.6) is 0 Å². The zero-order valence-electron chi connectivity index (χ0n) is 13.6. The number of amides is 1. The van der Waals surface area contributed by atoms with E-state index < -0.39 is 0 Å². The smallest absolute Gasteiger partial charge is 0.252 e. The summed E-state index contributed by atoms with van der Waals surface area (Å²) in [6, 6.07) is 17.6. The van der Waals surface area contributed by atoms with Crippen molar-refractivity contribution in [3.05, 3.63) is 64.6 Å². The average Bonchev–Trinajstić information content (AvgIpc) is 2.61. The molecule has 0 aliphatic carbocycles. The van der Waals surface area contributed by atoms with Gasteiger partial charge in [0.1, 0.15) is 0 Å². The topological polar surface area (TPSA) is 42.0 Å². The van der Waals surface area contributed by atoms with E-state index in [2.05, 4.69) is 28.2 Å². The van der Waals surface area contributed by atoms with Crippen LogP contribution in [-0.2, 0) is 0 Å². The van der Waals surface area contributed by atoms with Crippen LogP contribution in [0.2, 0.25) is 0 Å². The number of hydrogen-bond acceptors (Lipinski definition) is 2. The Labute approximate surface area is 150 Å². The molecule has 0 bridgehead atoms. The van der Waals surface area contributed by atoms with Crippen molar-refractivity contribution < 1.29 is 4.79 Å². The number of fused-ring (bicyclic) bond motifs is 1. The van der Waals surface area contributed by atoms with Gasteiger partial charge >= 0.3 is 0 Å². The normalized spacial score (nSPS) is 10.8. The summed E-state index contributed by atoms with van der Waals surface area (Å²) in [7, 11) is 0. The van der Waals surface area contributed by atoms with Crippen LogP contribution >= 0.6 is 15.9 Å². The van der Waals surface area contributed by atoms with Crippen molar-refractivity contribution in [1.82, 2.24) is 10.3 Å². The largest absolute Gasteiger partial charge is 0.352 e. The van der Waals surface area contributed by atoms with Crippen LogP contribution in [0.3, 0.4) is 0 Å². The molecule has 24 heavy (non-hydrogen) atoms. The lowest BCUT2D eigenvalue weighted by Gasteiger charge is -2.10. The van der Waals surface area contributed by atoms with Crippen LogP contribution in [0.1, 0.15) is 30.1 Å². The number of aromatic nitrogens is 1. The Kier molecular flexibility index (Phi) is 5.26. The Morgan fingerprint density at radius 1 is 1.12 bits per heavy atom. The van der Waals surface area contributed by atoms with Gasteiger partial charge in [0.2, 0.25) is 0 Å². The third-order valence-electron chi connectivity index (χ3n) is 3.92. The molecule has 0 atom stereocenters. The van der Waals surface area contributed by atoms with Gasteiger partial charge in [-0.15, -0.1) is 0 Å². The summed E-state index contributed by atoms with van der Waals surface area (Å²) in [6.07, 6.45) is 2.04. The third-order valence-corrected chi connectivity index (χ3v) is 4.45.